The molecule has 4 atom stereocenters. The Hall–Kier alpha value is -2.83. The van der Waals surface area contributed by atoms with E-state index in [2.05, 4.69) is 16.0 Å². The van der Waals surface area contributed by atoms with E-state index in [4.69, 9.17) is 5.73 Å². The number of rotatable bonds is 15. The number of phenols is 1. The number of aliphatic hydroxyl groups excluding tert-OH is 1. The van der Waals surface area contributed by atoms with Crippen LogP contribution in [0.3, 0.4) is 0 Å². The summed E-state index contributed by atoms with van der Waals surface area (Å²) in [5, 5.41) is 35.6. The molecular weight excluding hydrogens is 476 g/mol. The number of carbonyl (C=O) groups excluding carboxylic acids is 3. The van der Waals surface area contributed by atoms with Gasteiger partial charge in [0.25, 0.3) is 0 Å². The van der Waals surface area contributed by atoms with Gasteiger partial charge in [-0.2, -0.15) is 11.8 Å². The van der Waals surface area contributed by atoms with Crippen LogP contribution in [0.1, 0.15) is 32.3 Å². The maximum Gasteiger partial charge on any atom is 0.326 e. The van der Waals surface area contributed by atoms with Gasteiger partial charge in [-0.05, 0) is 54.9 Å². The van der Waals surface area contributed by atoms with Crippen LogP contribution in [0.25, 0.3) is 0 Å². The predicted molar refractivity (Wildman–Crippen MR) is 133 cm³/mol. The molecule has 0 aliphatic rings. The molecule has 12 heteroatoms. The lowest BCUT2D eigenvalue weighted by Crippen LogP contribution is -2.58. The summed E-state index contributed by atoms with van der Waals surface area (Å²) in [5.74, 6) is -2.75. The van der Waals surface area contributed by atoms with Crippen molar-refractivity contribution in [2.45, 2.75) is 57.3 Å². The van der Waals surface area contributed by atoms with Crippen molar-refractivity contribution in [1.29, 1.82) is 0 Å². The highest BCUT2D eigenvalue weighted by Crippen LogP contribution is 2.12. The highest BCUT2D eigenvalue weighted by molar-refractivity contribution is 7.98. The summed E-state index contributed by atoms with van der Waals surface area (Å²) in [4.78, 5) is 49.5. The van der Waals surface area contributed by atoms with Crippen molar-refractivity contribution < 1.29 is 34.5 Å². The second-order valence-corrected chi connectivity index (χ2v) is 9.58. The Morgan fingerprint density at radius 3 is 2.00 bits per heavy atom. The molecule has 0 aromatic heterocycles. The van der Waals surface area contributed by atoms with Crippen LogP contribution in [0, 0.1) is 5.92 Å². The number of carboxylic acid groups (broad SMARTS) is 1. The van der Waals surface area contributed by atoms with E-state index < -0.39 is 54.5 Å². The van der Waals surface area contributed by atoms with E-state index in [-0.39, 0.29) is 30.9 Å². The third-order valence-electron chi connectivity index (χ3n) is 5.11. The van der Waals surface area contributed by atoms with Gasteiger partial charge < -0.3 is 37.0 Å². The van der Waals surface area contributed by atoms with Crippen molar-refractivity contribution in [1.82, 2.24) is 16.0 Å². The van der Waals surface area contributed by atoms with Crippen LogP contribution in [-0.2, 0) is 25.6 Å². The lowest BCUT2D eigenvalue weighted by atomic mass is 10.0. The van der Waals surface area contributed by atoms with Gasteiger partial charge in [0.2, 0.25) is 17.7 Å². The lowest BCUT2D eigenvalue weighted by Gasteiger charge is -2.25. The molecule has 0 aliphatic carbocycles. The molecule has 11 nitrogen and oxygen atoms in total. The fraction of sp³-hybridized carbons (Fsp3) is 0.565. The number of nitrogens with two attached hydrogens (primary N) is 1. The molecule has 1 aromatic carbocycles. The van der Waals surface area contributed by atoms with Gasteiger partial charge in [0.05, 0.1) is 12.6 Å². The predicted octanol–water partition coefficient (Wildman–Crippen LogP) is -0.407. The number of phenolic OH excluding ortho intramolecular Hbond substituents is 1. The van der Waals surface area contributed by atoms with Crippen LogP contribution in [0.2, 0.25) is 0 Å². The second kappa shape index (κ2) is 15.2. The summed E-state index contributed by atoms with van der Waals surface area (Å²) < 4.78 is 0. The topological polar surface area (TPSA) is 191 Å². The van der Waals surface area contributed by atoms with Crippen molar-refractivity contribution in [2.24, 2.45) is 11.7 Å². The van der Waals surface area contributed by atoms with Crippen molar-refractivity contribution in [2.75, 3.05) is 18.6 Å². The molecule has 1 rings (SSSR count). The number of aliphatic hydroxyl groups is 1. The number of nitrogens with one attached hydrogen (secondary N) is 3. The van der Waals surface area contributed by atoms with Crippen LogP contribution >= 0.6 is 11.8 Å². The summed E-state index contributed by atoms with van der Waals surface area (Å²) in [6.45, 7) is 2.94. The van der Waals surface area contributed by atoms with E-state index >= 15 is 0 Å². The van der Waals surface area contributed by atoms with Crippen LogP contribution in [0.15, 0.2) is 24.3 Å². The van der Waals surface area contributed by atoms with Gasteiger partial charge in [0, 0.05) is 0 Å². The van der Waals surface area contributed by atoms with E-state index in [1.165, 1.54) is 23.9 Å². The summed E-state index contributed by atoms with van der Waals surface area (Å²) in [6.07, 6.45) is 2.40. The lowest BCUT2D eigenvalue weighted by molar-refractivity contribution is -0.142. The number of carboxylic acids is 1. The Kier molecular flexibility index (Phi) is 13.1. The Bertz CT molecular complexity index is 851. The molecule has 4 unspecified atom stereocenters. The molecule has 8 N–H and O–H groups in total. The average molecular weight is 513 g/mol. The summed E-state index contributed by atoms with van der Waals surface area (Å²) in [5.41, 5.74) is 6.72. The first-order valence-electron chi connectivity index (χ1n) is 11.3. The molecule has 196 valence electrons. The van der Waals surface area contributed by atoms with Gasteiger partial charge in [0.1, 0.15) is 23.9 Å². The Morgan fingerprint density at radius 1 is 0.943 bits per heavy atom. The highest BCUT2D eigenvalue weighted by atomic mass is 32.2. The zero-order valence-electron chi connectivity index (χ0n) is 20.2. The molecule has 0 fully saturated rings. The summed E-state index contributed by atoms with van der Waals surface area (Å²) in [7, 11) is 0. The van der Waals surface area contributed by atoms with E-state index in [9.17, 15) is 34.5 Å². The average Bonchev–Trinajstić information content (AvgIpc) is 2.80. The minimum Gasteiger partial charge on any atom is -0.508 e. The zero-order valence-corrected chi connectivity index (χ0v) is 21.0. The second-order valence-electron chi connectivity index (χ2n) is 8.59. The number of hydrogen-bond acceptors (Lipinski definition) is 8. The summed E-state index contributed by atoms with van der Waals surface area (Å²) >= 11 is 1.42. The Balaban J connectivity index is 2.83. The number of aliphatic carboxylic acids is 1. The van der Waals surface area contributed by atoms with Crippen molar-refractivity contribution in [3.8, 4) is 5.75 Å². The van der Waals surface area contributed by atoms with Gasteiger partial charge in [-0.1, -0.05) is 26.0 Å². The third-order valence-corrected chi connectivity index (χ3v) is 5.75. The number of amides is 3. The number of carbonyl (C=O) groups is 4. The maximum atomic E-state index is 12.9. The minimum absolute atomic E-state index is 0.00344. The van der Waals surface area contributed by atoms with Crippen molar-refractivity contribution in [3.63, 3.8) is 0 Å². The van der Waals surface area contributed by atoms with Crippen molar-refractivity contribution in [3.05, 3.63) is 29.8 Å². The van der Waals surface area contributed by atoms with Gasteiger partial charge in [-0.15, -0.1) is 0 Å². The maximum absolute atomic E-state index is 12.9. The van der Waals surface area contributed by atoms with E-state index in [1.54, 1.807) is 18.4 Å². The normalized spacial score (nSPS) is 14.5. The van der Waals surface area contributed by atoms with Crippen LogP contribution in [-0.4, -0.2) is 81.8 Å². The SMILES string of the molecule is CSCCC(NC(=O)C(CO)NC(=O)C(CC(C)C)NC(=O)C(N)Cc1ccc(O)cc1)C(=O)O. The zero-order chi connectivity index (χ0) is 26.5. The standard InChI is InChI=1S/C23H36N4O7S/c1-13(2)10-18(26-20(30)16(24)11-14-4-6-15(29)7-5-14)21(31)27-19(12-28)22(32)25-17(23(33)34)8-9-35-3/h4-7,13,16-19,28-29H,8-12,24H2,1-3H3,(H,25,32)(H,26,30)(H,27,31)(H,33,34). The van der Waals surface area contributed by atoms with E-state index in [0.29, 0.717) is 5.75 Å². The Morgan fingerprint density at radius 2 is 1.49 bits per heavy atom. The van der Waals surface area contributed by atoms with Crippen molar-refractivity contribution >= 4 is 35.5 Å². The Labute approximate surface area is 209 Å². The van der Waals surface area contributed by atoms with Gasteiger partial charge in [-0.3, -0.25) is 14.4 Å². The quantitative estimate of drug-likeness (QED) is 0.164. The molecule has 0 spiro atoms. The molecule has 0 heterocycles. The van der Waals surface area contributed by atoms with Crippen LogP contribution in [0.4, 0.5) is 0 Å². The van der Waals surface area contributed by atoms with Gasteiger partial charge in [-0.25, -0.2) is 4.79 Å². The molecule has 1 aromatic rings. The number of benzene rings is 1. The molecule has 0 bridgehead atoms. The minimum atomic E-state index is -1.39. The first-order chi connectivity index (χ1) is 16.5. The van der Waals surface area contributed by atoms with Crippen LogP contribution in [0.5, 0.6) is 5.75 Å². The first kappa shape index (κ1) is 30.2. The summed E-state index contributed by atoms with van der Waals surface area (Å²) in [6, 6.07) is 1.68. The van der Waals surface area contributed by atoms with Gasteiger partial charge in [0.15, 0.2) is 0 Å². The molecule has 0 radical (unpaired) electrons. The monoisotopic (exact) mass is 512 g/mol. The molecule has 3 amide bonds. The van der Waals surface area contributed by atoms with Crippen LogP contribution < -0.4 is 21.7 Å². The molecule has 0 aliphatic heterocycles. The van der Waals surface area contributed by atoms with E-state index in [1.807, 2.05) is 13.8 Å². The fourth-order valence-electron chi connectivity index (χ4n) is 3.19. The number of aromatic hydroxyl groups is 1. The molecule has 35 heavy (non-hydrogen) atoms. The smallest absolute Gasteiger partial charge is 0.326 e. The first-order valence-corrected chi connectivity index (χ1v) is 12.6. The number of hydrogen-bond donors (Lipinski definition) is 7. The fourth-order valence-corrected chi connectivity index (χ4v) is 3.66. The highest BCUT2D eigenvalue weighted by Gasteiger charge is 2.30. The largest absolute Gasteiger partial charge is 0.508 e. The molecule has 0 saturated carbocycles. The third kappa shape index (κ3) is 11.0. The number of thioether (sulfide) groups is 1. The van der Waals surface area contributed by atoms with E-state index in [0.717, 1.165) is 5.56 Å². The van der Waals surface area contributed by atoms with Gasteiger partial charge >= 0.3 is 5.97 Å². The molecule has 0 saturated heterocycles. The molecular formula is C23H36N4O7S.